The molecule has 0 N–H and O–H groups in total. The van der Waals surface area contributed by atoms with E-state index in [1.807, 2.05) is 18.2 Å². The summed E-state index contributed by atoms with van der Waals surface area (Å²) in [6, 6.07) is 10.4. The molecule has 3 heteroatoms. The number of nitrogens with zero attached hydrogens (tertiary/aromatic N) is 1. The Labute approximate surface area is 115 Å². The third kappa shape index (κ3) is 2.74. The molecular weight excluding hydrogens is 238 g/mol. The van der Waals surface area contributed by atoms with Crippen molar-refractivity contribution in [3.05, 3.63) is 29.8 Å². The van der Waals surface area contributed by atoms with Crippen molar-refractivity contribution in [2.75, 3.05) is 13.7 Å². The zero-order valence-corrected chi connectivity index (χ0v) is 11.9. The number of ether oxygens (including phenoxy) is 2. The molecule has 1 heterocycles. The average Bonchev–Trinajstić information content (AvgIpc) is 2.38. The van der Waals surface area contributed by atoms with Gasteiger partial charge in [-0.05, 0) is 32.8 Å². The Balaban J connectivity index is 2.47. The van der Waals surface area contributed by atoms with Crippen molar-refractivity contribution in [2.24, 2.45) is 0 Å². The van der Waals surface area contributed by atoms with Crippen LogP contribution >= 0.6 is 0 Å². The van der Waals surface area contributed by atoms with Crippen LogP contribution in [0.15, 0.2) is 24.3 Å². The van der Waals surface area contributed by atoms with Crippen LogP contribution in [0, 0.1) is 11.3 Å². The first-order valence-corrected chi connectivity index (χ1v) is 6.67. The zero-order chi connectivity index (χ0) is 13.9. The minimum Gasteiger partial charge on any atom is -0.496 e. The van der Waals surface area contributed by atoms with Crippen molar-refractivity contribution in [3.8, 4) is 11.8 Å². The second-order valence-electron chi connectivity index (χ2n) is 5.85. The molecule has 0 amide bonds. The monoisotopic (exact) mass is 259 g/mol. The molecule has 0 aliphatic carbocycles. The first-order chi connectivity index (χ1) is 9.03. The second-order valence-corrected chi connectivity index (χ2v) is 5.85. The van der Waals surface area contributed by atoms with Crippen LogP contribution in [0.25, 0.3) is 0 Å². The fraction of sp³-hybridized carbons (Fsp3) is 0.562. The van der Waals surface area contributed by atoms with Crippen LogP contribution in [0.1, 0.15) is 38.7 Å². The fourth-order valence-corrected chi connectivity index (χ4v) is 3.19. The van der Waals surface area contributed by atoms with Crippen LogP contribution in [0.4, 0.5) is 0 Å². The van der Waals surface area contributed by atoms with E-state index in [0.717, 1.165) is 24.2 Å². The van der Waals surface area contributed by atoms with E-state index in [0.29, 0.717) is 13.0 Å². The third-order valence-corrected chi connectivity index (χ3v) is 3.93. The van der Waals surface area contributed by atoms with Crippen LogP contribution in [0.3, 0.4) is 0 Å². The topological polar surface area (TPSA) is 42.2 Å². The quantitative estimate of drug-likeness (QED) is 0.835. The lowest BCUT2D eigenvalue weighted by Gasteiger charge is -2.44. The van der Waals surface area contributed by atoms with Gasteiger partial charge in [-0.2, -0.15) is 5.26 Å². The molecule has 1 aliphatic rings. The summed E-state index contributed by atoms with van der Waals surface area (Å²) in [7, 11) is 1.68. The Morgan fingerprint density at radius 1 is 1.37 bits per heavy atom. The van der Waals surface area contributed by atoms with Gasteiger partial charge in [0.1, 0.15) is 5.75 Å². The number of hydrogen-bond donors (Lipinski definition) is 0. The Bertz CT molecular complexity index is 490. The highest BCUT2D eigenvalue weighted by atomic mass is 16.5. The lowest BCUT2D eigenvalue weighted by Crippen LogP contribution is -2.44. The average molecular weight is 259 g/mol. The normalized spacial score (nSPS) is 25.6. The molecular formula is C16H21NO2. The van der Waals surface area contributed by atoms with Crippen molar-refractivity contribution in [1.82, 2.24) is 0 Å². The largest absolute Gasteiger partial charge is 0.496 e. The van der Waals surface area contributed by atoms with Gasteiger partial charge in [0, 0.05) is 24.0 Å². The molecule has 1 aromatic rings. The number of para-hydroxylation sites is 1. The van der Waals surface area contributed by atoms with E-state index in [2.05, 4.69) is 26.0 Å². The van der Waals surface area contributed by atoms with Crippen molar-refractivity contribution in [1.29, 1.82) is 5.26 Å². The predicted octanol–water partition coefficient (Wildman–Crippen LogP) is 3.44. The number of benzene rings is 1. The highest BCUT2D eigenvalue weighted by Crippen LogP contribution is 2.46. The van der Waals surface area contributed by atoms with Crippen molar-refractivity contribution >= 4 is 0 Å². The Morgan fingerprint density at radius 3 is 2.74 bits per heavy atom. The number of hydrogen-bond acceptors (Lipinski definition) is 3. The molecule has 0 unspecified atom stereocenters. The van der Waals surface area contributed by atoms with Crippen molar-refractivity contribution in [3.63, 3.8) is 0 Å². The highest BCUT2D eigenvalue weighted by molar-refractivity contribution is 5.41. The molecule has 1 saturated heterocycles. The minimum absolute atomic E-state index is 0.164. The Morgan fingerprint density at radius 2 is 2.11 bits per heavy atom. The van der Waals surface area contributed by atoms with Gasteiger partial charge in [-0.25, -0.2) is 0 Å². The van der Waals surface area contributed by atoms with E-state index in [1.54, 1.807) is 7.11 Å². The summed E-state index contributed by atoms with van der Waals surface area (Å²) in [6.07, 6.45) is 2.21. The number of nitriles is 1. The maximum Gasteiger partial charge on any atom is 0.122 e. The lowest BCUT2D eigenvalue weighted by molar-refractivity contribution is -0.0819. The molecule has 0 aromatic heterocycles. The highest BCUT2D eigenvalue weighted by Gasteiger charge is 2.43. The molecule has 0 bridgehead atoms. The van der Waals surface area contributed by atoms with Crippen LogP contribution in [-0.4, -0.2) is 19.3 Å². The number of methoxy groups -OCH3 is 1. The van der Waals surface area contributed by atoms with E-state index < -0.39 is 0 Å². The Kier molecular flexibility index (Phi) is 3.82. The van der Waals surface area contributed by atoms with Gasteiger partial charge in [0.05, 0.1) is 18.8 Å². The van der Waals surface area contributed by atoms with Crippen molar-refractivity contribution in [2.45, 2.75) is 44.1 Å². The molecule has 1 fully saturated rings. The summed E-state index contributed by atoms with van der Waals surface area (Å²) in [6.45, 7) is 4.87. The zero-order valence-electron chi connectivity index (χ0n) is 11.9. The first kappa shape index (κ1) is 13.9. The standard InChI is InChI=1S/C16H21NO2/c1-15(2)12-16(8-10-17,9-11-19-15)13-6-4-5-7-14(13)18-3/h4-7H,8-9,11-12H2,1-3H3/t16-/m0/s1. The van der Waals surface area contributed by atoms with Crippen molar-refractivity contribution < 1.29 is 9.47 Å². The maximum absolute atomic E-state index is 9.25. The van der Waals surface area contributed by atoms with Crippen LogP contribution < -0.4 is 4.74 Å². The summed E-state index contributed by atoms with van der Waals surface area (Å²) in [4.78, 5) is 0. The molecule has 1 atom stereocenters. The lowest BCUT2D eigenvalue weighted by atomic mass is 9.67. The molecule has 2 rings (SSSR count). The molecule has 1 aliphatic heterocycles. The SMILES string of the molecule is COc1ccccc1[C@@]1(CC#N)CCOC(C)(C)C1. The molecule has 0 spiro atoms. The van der Waals surface area contributed by atoms with E-state index in [9.17, 15) is 5.26 Å². The van der Waals surface area contributed by atoms with Crippen LogP contribution in [0.5, 0.6) is 5.75 Å². The molecule has 0 radical (unpaired) electrons. The van der Waals surface area contributed by atoms with E-state index >= 15 is 0 Å². The first-order valence-electron chi connectivity index (χ1n) is 6.67. The maximum atomic E-state index is 9.25. The molecule has 0 saturated carbocycles. The van der Waals surface area contributed by atoms with Gasteiger partial charge in [-0.15, -0.1) is 0 Å². The summed E-state index contributed by atoms with van der Waals surface area (Å²) >= 11 is 0. The van der Waals surface area contributed by atoms with Gasteiger partial charge in [0.25, 0.3) is 0 Å². The fourth-order valence-electron chi connectivity index (χ4n) is 3.19. The van der Waals surface area contributed by atoms with Crippen LogP contribution in [-0.2, 0) is 10.2 Å². The summed E-state index contributed by atoms with van der Waals surface area (Å²) in [5.74, 6) is 0.871. The van der Waals surface area contributed by atoms with Gasteiger partial charge < -0.3 is 9.47 Å². The summed E-state index contributed by atoms with van der Waals surface area (Å²) in [5.41, 5.74) is 0.773. The van der Waals surface area contributed by atoms with Crippen LogP contribution in [0.2, 0.25) is 0 Å². The molecule has 102 valence electrons. The van der Waals surface area contributed by atoms with E-state index in [1.165, 1.54) is 0 Å². The molecule has 19 heavy (non-hydrogen) atoms. The minimum atomic E-state index is -0.198. The van der Waals surface area contributed by atoms with Gasteiger partial charge >= 0.3 is 0 Å². The van der Waals surface area contributed by atoms with E-state index in [-0.39, 0.29) is 11.0 Å². The number of rotatable bonds is 3. The smallest absolute Gasteiger partial charge is 0.122 e. The van der Waals surface area contributed by atoms with Gasteiger partial charge in [-0.1, -0.05) is 18.2 Å². The van der Waals surface area contributed by atoms with Gasteiger partial charge in [0.2, 0.25) is 0 Å². The second kappa shape index (κ2) is 5.22. The summed E-state index contributed by atoms with van der Waals surface area (Å²) in [5, 5.41) is 9.25. The van der Waals surface area contributed by atoms with Gasteiger partial charge in [-0.3, -0.25) is 0 Å². The summed E-state index contributed by atoms with van der Waals surface area (Å²) < 4.78 is 11.3. The van der Waals surface area contributed by atoms with Gasteiger partial charge in [0.15, 0.2) is 0 Å². The predicted molar refractivity (Wildman–Crippen MR) is 74.2 cm³/mol. The molecule has 3 nitrogen and oxygen atoms in total. The third-order valence-electron chi connectivity index (χ3n) is 3.93. The van der Waals surface area contributed by atoms with E-state index in [4.69, 9.17) is 9.47 Å². The Hall–Kier alpha value is -1.53. The molecule has 1 aromatic carbocycles.